The van der Waals surface area contributed by atoms with Crippen LogP contribution in [0.1, 0.15) is 31.2 Å². The number of guanidine groups is 1. The topological polar surface area (TPSA) is 48.9 Å². The number of ether oxygens (including phenoxy) is 1. The number of methoxy groups -OCH3 is 1. The summed E-state index contributed by atoms with van der Waals surface area (Å²) in [4.78, 5) is 6.79. The smallest absolute Gasteiger partial charge is 0.191 e. The predicted octanol–water partition coefficient (Wildman–Crippen LogP) is 2.56. The van der Waals surface area contributed by atoms with Gasteiger partial charge in [-0.25, -0.2) is 0 Å². The number of hydrogen-bond donors (Lipinski definition) is 2. The van der Waals surface area contributed by atoms with Gasteiger partial charge in [0, 0.05) is 52.1 Å². The molecule has 2 rings (SSSR count). The first-order valence-electron chi connectivity index (χ1n) is 9.00. The Hall–Kier alpha value is -1.75. The molecule has 24 heavy (non-hydrogen) atoms. The maximum absolute atomic E-state index is 5.07. The van der Waals surface area contributed by atoms with E-state index < -0.39 is 0 Å². The van der Waals surface area contributed by atoms with Gasteiger partial charge in [0.05, 0.1) is 0 Å². The molecule has 1 unspecified atom stereocenters. The molecule has 1 fully saturated rings. The second-order valence-corrected chi connectivity index (χ2v) is 6.46. The molecule has 0 aromatic heterocycles. The van der Waals surface area contributed by atoms with Gasteiger partial charge in [-0.3, -0.25) is 4.99 Å². The van der Waals surface area contributed by atoms with Gasteiger partial charge < -0.3 is 20.3 Å². The largest absolute Gasteiger partial charge is 0.385 e. The van der Waals surface area contributed by atoms with E-state index in [1.807, 2.05) is 7.05 Å². The maximum atomic E-state index is 5.07. The number of hydrogen-bond acceptors (Lipinski definition) is 3. The maximum Gasteiger partial charge on any atom is 0.191 e. The quantitative estimate of drug-likeness (QED) is 0.436. The van der Waals surface area contributed by atoms with Gasteiger partial charge >= 0.3 is 0 Å². The molecular formula is C19H32N4O. The average molecular weight is 332 g/mol. The summed E-state index contributed by atoms with van der Waals surface area (Å²) >= 11 is 0. The summed E-state index contributed by atoms with van der Waals surface area (Å²) in [5.74, 6) is 0.914. The summed E-state index contributed by atoms with van der Waals surface area (Å²) in [5, 5.41) is 6.97. The molecule has 0 saturated carbocycles. The van der Waals surface area contributed by atoms with Crippen molar-refractivity contribution in [1.82, 2.24) is 10.6 Å². The normalized spacial score (nSPS) is 18.0. The number of nitrogens with zero attached hydrogens (tertiary/aromatic N) is 2. The summed E-state index contributed by atoms with van der Waals surface area (Å²) in [6.07, 6.45) is 4.59. The standard InChI is InChI=1S/C19H32N4O/c1-16-7-9-18(10-8-16)23-13-11-17(15-23)22-19(20-2)21-12-5-4-6-14-24-3/h7-10,17H,4-6,11-15H2,1-3H3,(H2,20,21,22). The van der Waals surface area contributed by atoms with Gasteiger partial charge in [-0.05, 0) is 44.7 Å². The van der Waals surface area contributed by atoms with Crippen LogP contribution in [0.5, 0.6) is 0 Å². The SMILES string of the molecule is CN=C(NCCCCCOC)NC1CCN(c2ccc(C)cc2)C1. The molecule has 5 heteroatoms. The summed E-state index contributed by atoms with van der Waals surface area (Å²) in [6, 6.07) is 9.24. The molecule has 1 heterocycles. The Labute approximate surface area is 146 Å². The lowest BCUT2D eigenvalue weighted by Crippen LogP contribution is -2.44. The van der Waals surface area contributed by atoms with Crippen LogP contribution in [-0.4, -0.2) is 52.4 Å². The first-order chi connectivity index (χ1) is 11.7. The van der Waals surface area contributed by atoms with Gasteiger partial charge in [0.2, 0.25) is 0 Å². The lowest BCUT2D eigenvalue weighted by atomic mass is 10.2. The van der Waals surface area contributed by atoms with Gasteiger partial charge in [0.15, 0.2) is 5.96 Å². The molecule has 5 nitrogen and oxygen atoms in total. The van der Waals surface area contributed by atoms with Crippen LogP contribution in [0.4, 0.5) is 5.69 Å². The summed E-state index contributed by atoms with van der Waals surface area (Å²) in [7, 11) is 3.60. The minimum atomic E-state index is 0.450. The second-order valence-electron chi connectivity index (χ2n) is 6.46. The van der Waals surface area contributed by atoms with Crippen LogP contribution in [0.3, 0.4) is 0 Å². The van der Waals surface area contributed by atoms with Gasteiger partial charge in [0.1, 0.15) is 0 Å². The Kier molecular flexibility index (Phi) is 7.89. The first kappa shape index (κ1) is 18.6. The Morgan fingerprint density at radius 1 is 1.25 bits per heavy atom. The molecule has 1 saturated heterocycles. The highest BCUT2D eigenvalue weighted by atomic mass is 16.5. The van der Waals surface area contributed by atoms with Crippen molar-refractivity contribution in [3.8, 4) is 0 Å². The van der Waals surface area contributed by atoms with Crippen LogP contribution < -0.4 is 15.5 Å². The molecule has 0 bridgehead atoms. The lowest BCUT2D eigenvalue weighted by molar-refractivity contribution is 0.192. The van der Waals surface area contributed by atoms with E-state index in [-0.39, 0.29) is 0 Å². The Morgan fingerprint density at radius 3 is 2.75 bits per heavy atom. The first-order valence-corrected chi connectivity index (χ1v) is 9.00. The Balaban J connectivity index is 1.69. The van der Waals surface area contributed by atoms with Crippen LogP contribution in [0.25, 0.3) is 0 Å². The Morgan fingerprint density at radius 2 is 2.04 bits per heavy atom. The summed E-state index contributed by atoms with van der Waals surface area (Å²) in [6.45, 7) is 6.05. The molecule has 134 valence electrons. The minimum Gasteiger partial charge on any atom is -0.385 e. The van der Waals surface area contributed by atoms with E-state index in [4.69, 9.17) is 4.74 Å². The molecule has 1 aromatic carbocycles. The molecule has 0 radical (unpaired) electrons. The van der Waals surface area contributed by atoms with Crippen molar-refractivity contribution in [2.75, 3.05) is 45.3 Å². The third-order valence-electron chi connectivity index (χ3n) is 4.47. The molecular weight excluding hydrogens is 300 g/mol. The van der Waals surface area contributed by atoms with Crippen molar-refractivity contribution in [3.05, 3.63) is 29.8 Å². The van der Waals surface area contributed by atoms with Crippen molar-refractivity contribution >= 4 is 11.6 Å². The molecule has 1 aliphatic rings. The van der Waals surface area contributed by atoms with E-state index in [1.165, 1.54) is 17.7 Å². The molecule has 1 atom stereocenters. The van der Waals surface area contributed by atoms with Crippen molar-refractivity contribution in [2.24, 2.45) is 4.99 Å². The number of aliphatic imine (C=N–C) groups is 1. The Bertz CT molecular complexity index is 501. The van der Waals surface area contributed by atoms with Gasteiger partial charge in [-0.15, -0.1) is 0 Å². The third kappa shape index (κ3) is 6.04. The zero-order chi connectivity index (χ0) is 17.2. The molecule has 2 N–H and O–H groups in total. The molecule has 1 aromatic rings. The van der Waals surface area contributed by atoms with E-state index in [0.717, 1.165) is 51.5 Å². The number of aryl methyl sites for hydroxylation is 1. The number of anilines is 1. The monoisotopic (exact) mass is 332 g/mol. The van der Waals surface area contributed by atoms with Crippen molar-refractivity contribution in [1.29, 1.82) is 0 Å². The fraction of sp³-hybridized carbons (Fsp3) is 0.632. The van der Waals surface area contributed by atoms with Crippen LogP contribution in [0.2, 0.25) is 0 Å². The second kappa shape index (κ2) is 10.2. The van der Waals surface area contributed by atoms with Crippen molar-refractivity contribution in [2.45, 2.75) is 38.6 Å². The van der Waals surface area contributed by atoms with E-state index in [0.29, 0.717) is 6.04 Å². The highest BCUT2D eigenvalue weighted by Crippen LogP contribution is 2.20. The highest BCUT2D eigenvalue weighted by molar-refractivity contribution is 5.80. The number of rotatable bonds is 8. The van der Waals surface area contributed by atoms with E-state index in [2.05, 4.69) is 51.7 Å². The predicted molar refractivity (Wildman–Crippen MR) is 102 cm³/mol. The van der Waals surface area contributed by atoms with Gasteiger partial charge in [-0.2, -0.15) is 0 Å². The van der Waals surface area contributed by atoms with Crippen LogP contribution in [-0.2, 0) is 4.74 Å². The molecule has 0 spiro atoms. The summed E-state index contributed by atoms with van der Waals surface area (Å²) < 4.78 is 5.07. The fourth-order valence-corrected chi connectivity index (χ4v) is 3.01. The molecule has 0 amide bonds. The molecule has 1 aliphatic heterocycles. The minimum absolute atomic E-state index is 0.450. The summed E-state index contributed by atoms with van der Waals surface area (Å²) in [5.41, 5.74) is 2.62. The number of benzene rings is 1. The molecule has 0 aliphatic carbocycles. The zero-order valence-corrected chi connectivity index (χ0v) is 15.3. The number of nitrogens with one attached hydrogen (secondary N) is 2. The number of unbranched alkanes of at least 4 members (excludes halogenated alkanes) is 2. The zero-order valence-electron chi connectivity index (χ0n) is 15.3. The van der Waals surface area contributed by atoms with Gasteiger partial charge in [-0.1, -0.05) is 17.7 Å². The van der Waals surface area contributed by atoms with Crippen LogP contribution >= 0.6 is 0 Å². The van der Waals surface area contributed by atoms with Crippen molar-refractivity contribution < 1.29 is 4.74 Å². The average Bonchev–Trinajstić information content (AvgIpc) is 3.06. The van der Waals surface area contributed by atoms with E-state index >= 15 is 0 Å². The van der Waals surface area contributed by atoms with Gasteiger partial charge in [0.25, 0.3) is 0 Å². The van der Waals surface area contributed by atoms with Crippen LogP contribution in [0, 0.1) is 6.92 Å². The fourth-order valence-electron chi connectivity index (χ4n) is 3.01. The van der Waals surface area contributed by atoms with Crippen LogP contribution in [0.15, 0.2) is 29.3 Å². The van der Waals surface area contributed by atoms with E-state index in [1.54, 1.807) is 7.11 Å². The third-order valence-corrected chi connectivity index (χ3v) is 4.47. The van der Waals surface area contributed by atoms with Crippen molar-refractivity contribution in [3.63, 3.8) is 0 Å². The highest BCUT2D eigenvalue weighted by Gasteiger charge is 2.23. The van der Waals surface area contributed by atoms with E-state index in [9.17, 15) is 0 Å². The lowest BCUT2D eigenvalue weighted by Gasteiger charge is -2.20.